The Bertz CT molecular complexity index is 337. The normalized spacial score (nSPS) is 10.9. The van der Waals surface area contributed by atoms with E-state index < -0.39 is 0 Å². The van der Waals surface area contributed by atoms with Crippen LogP contribution in [0.3, 0.4) is 0 Å². The highest BCUT2D eigenvalue weighted by Gasteiger charge is 2.00. The molecule has 0 radical (unpaired) electrons. The maximum atomic E-state index is 5.67. The van der Waals surface area contributed by atoms with E-state index in [1.165, 1.54) is 0 Å². The van der Waals surface area contributed by atoms with E-state index in [1.807, 2.05) is 25.1 Å². The number of aryl methyl sites for hydroxylation is 1. The van der Waals surface area contributed by atoms with Crippen molar-refractivity contribution in [3.8, 4) is 5.75 Å². The zero-order valence-electron chi connectivity index (χ0n) is 10.8. The summed E-state index contributed by atoms with van der Waals surface area (Å²) in [5.74, 6) is 1.62. The Morgan fingerprint density at radius 3 is 2.65 bits per heavy atom. The molecule has 0 heterocycles. The Morgan fingerprint density at radius 1 is 1.18 bits per heavy atom. The minimum Gasteiger partial charge on any atom is -0.491 e. The molecule has 0 atom stereocenters. The van der Waals surface area contributed by atoms with Crippen molar-refractivity contribution in [1.29, 1.82) is 0 Å². The molecule has 0 aliphatic carbocycles. The largest absolute Gasteiger partial charge is 0.491 e. The molecule has 0 saturated heterocycles. The molecule has 0 bridgehead atoms. The lowest BCUT2D eigenvalue weighted by atomic mass is 10.1. The molecule has 1 aromatic carbocycles. The van der Waals surface area contributed by atoms with Crippen LogP contribution < -0.4 is 4.74 Å². The van der Waals surface area contributed by atoms with Crippen molar-refractivity contribution >= 4 is 15.9 Å². The van der Waals surface area contributed by atoms with E-state index in [0.717, 1.165) is 28.8 Å². The zero-order valence-corrected chi connectivity index (χ0v) is 12.4. The van der Waals surface area contributed by atoms with Gasteiger partial charge in [0.2, 0.25) is 0 Å². The van der Waals surface area contributed by atoms with E-state index in [-0.39, 0.29) is 0 Å². The first kappa shape index (κ1) is 14.5. The van der Waals surface area contributed by atoms with Crippen molar-refractivity contribution in [1.82, 2.24) is 0 Å². The highest BCUT2D eigenvalue weighted by Crippen LogP contribution is 2.22. The van der Waals surface area contributed by atoms with E-state index in [0.29, 0.717) is 19.1 Å². The molecule has 0 N–H and O–H groups in total. The fourth-order valence-electron chi connectivity index (χ4n) is 1.36. The van der Waals surface area contributed by atoms with E-state index in [9.17, 15) is 0 Å². The molecule has 17 heavy (non-hydrogen) atoms. The molecule has 0 amide bonds. The van der Waals surface area contributed by atoms with Gasteiger partial charge < -0.3 is 9.47 Å². The molecule has 0 aliphatic rings. The number of halogens is 1. The van der Waals surface area contributed by atoms with Crippen molar-refractivity contribution in [2.75, 3.05) is 19.8 Å². The molecule has 0 unspecified atom stereocenters. The van der Waals surface area contributed by atoms with Gasteiger partial charge in [0.15, 0.2) is 0 Å². The maximum Gasteiger partial charge on any atom is 0.123 e. The van der Waals surface area contributed by atoms with Gasteiger partial charge in [-0.05, 0) is 37.0 Å². The van der Waals surface area contributed by atoms with Crippen LogP contribution in [0.25, 0.3) is 0 Å². The van der Waals surface area contributed by atoms with E-state index in [2.05, 4.69) is 29.8 Å². The fourth-order valence-corrected chi connectivity index (χ4v) is 1.70. The summed E-state index contributed by atoms with van der Waals surface area (Å²) in [5, 5.41) is 0. The monoisotopic (exact) mass is 300 g/mol. The van der Waals surface area contributed by atoms with Gasteiger partial charge in [0, 0.05) is 11.1 Å². The Kier molecular flexibility index (Phi) is 6.60. The van der Waals surface area contributed by atoms with Crippen LogP contribution in [-0.4, -0.2) is 19.8 Å². The molecule has 0 saturated carbocycles. The summed E-state index contributed by atoms with van der Waals surface area (Å²) in [7, 11) is 0. The zero-order chi connectivity index (χ0) is 12.7. The van der Waals surface area contributed by atoms with Crippen LogP contribution in [0.15, 0.2) is 22.7 Å². The molecule has 2 nitrogen and oxygen atoms in total. The number of benzene rings is 1. The summed E-state index contributed by atoms with van der Waals surface area (Å²) in [6.07, 6.45) is 1.11. The van der Waals surface area contributed by atoms with E-state index in [4.69, 9.17) is 9.47 Å². The van der Waals surface area contributed by atoms with Gasteiger partial charge in [-0.2, -0.15) is 0 Å². The summed E-state index contributed by atoms with van der Waals surface area (Å²) in [6.45, 7) is 8.52. The third-order valence-corrected chi connectivity index (χ3v) is 2.97. The number of hydrogen-bond donors (Lipinski definition) is 0. The first-order chi connectivity index (χ1) is 8.09. The first-order valence-corrected chi connectivity index (χ1v) is 6.85. The van der Waals surface area contributed by atoms with Crippen LogP contribution >= 0.6 is 15.9 Å². The van der Waals surface area contributed by atoms with Gasteiger partial charge in [-0.3, -0.25) is 0 Å². The van der Waals surface area contributed by atoms with Crippen molar-refractivity contribution < 1.29 is 9.47 Å². The van der Waals surface area contributed by atoms with E-state index in [1.54, 1.807) is 0 Å². The smallest absolute Gasteiger partial charge is 0.123 e. The molecular formula is C14H21BrO2. The van der Waals surface area contributed by atoms with Crippen molar-refractivity contribution in [3.05, 3.63) is 28.2 Å². The predicted octanol–water partition coefficient (Wildman–Crippen LogP) is 4.20. The predicted molar refractivity (Wildman–Crippen MR) is 74.6 cm³/mol. The van der Waals surface area contributed by atoms with Crippen LogP contribution in [0.4, 0.5) is 0 Å². The molecule has 0 spiro atoms. The Balaban J connectivity index is 2.20. The second-order valence-electron chi connectivity index (χ2n) is 4.55. The van der Waals surface area contributed by atoms with Gasteiger partial charge in [0.1, 0.15) is 12.4 Å². The molecule has 3 heteroatoms. The van der Waals surface area contributed by atoms with Gasteiger partial charge in [-0.1, -0.05) is 35.8 Å². The average Bonchev–Trinajstić information content (AvgIpc) is 2.27. The van der Waals surface area contributed by atoms with Crippen LogP contribution in [0.2, 0.25) is 0 Å². The second-order valence-corrected chi connectivity index (χ2v) is 5.47. The Hall–Kier alpha value is -0.540. The summed E-state index contributed by atoms with van der Waals surface area (Å²) in [4.78, 5) is 0. The van der Waals surface area contributed by atoms with Gasteiger partial charge >= 0.3 is 0 Å². The fraction of sp³-hybridized carbons (Fsp3) is 0.571. The van der Waals surface area contributed by atoms with Gasteiger partial charge in [0.25, 0.3) is 0 Å². The summed E-state index contributed by atoms with van der Waals surface area (Å²) in [6, 6.07) is 6.05. The van der Waals surface area contributed by atoms with Gasteiger partial charge in [-0.15, -0.1) is 0 Å². The Labute approximate surface area is 112 Å². The third kappa shape index (κ3) is 6.08. The minimum atomic E-state index is 0.607. The average molecular weight is 301 g/mol. The Morgan fingerprint density at radius 2 is 1.94 bits per heavy atom. The standard InChI is InChI=1S/C14H21BrO2/c1-11(2)6-7-16-8-9-17-14-10-13(15)5-4-12(14)3/h4-5,10-11H,6-9H2,1-3H3. The summed E-state index contributed by atoms with van der Waals surface area (Å²) < 4.78 is 12.2. The van der Waals surface area contributed by atoms with E-state index >= 15 is 0 Å². The lowest BCUT2D eigenvalue weighted by Crippen LogP contribution is -2.09. The lowest BCUT2D eigenvalue weighted by Gasteiger charge is -2.10. The minimum absolute atomic E-state index is 0.607. The second kappa shape index (κ2) is 7.72. The van der Waals surface area contributed by atoms with Crippen molar-refractivity contribution in [2.24, 2.45) is 5.92 Å². The molecule has 0 fully saturated rings. The van der Waals surface area contributed by atoms with Crippen LogP contribution in [0, 0.1) is 12.8 Å². The highest BCUT2D eigenvalue weighted by molar-refractivity contribution is 9.10. The number of ether oxygens (including phenoxy) is 2. The molecule has 0 aromatic heterocycles. The summed E-state index contributed by atoms with van der Waals surface area (Å²) in [5.41, 5.74) is 1.15. The molecule has 1 aromatic rings. The maximum absolute atomic E-state index is 5.67. The third-order valence-electron chi connectivity index (χ3n) is 2.47. The summed E-state index contributed by atoms with van der Waals surface area (Å²) >= 11 is 3.43. The number of rotatable bonds is 7. The molecule has 1 rings (SSSR count). The quantitative estimate of drug-likeness (QED) is 0.703. The van der Waals surface area contributed by atoms with Gasteiger partial charge in [0.05, 0.1) is 6.61 Å². The van der Waals surface area contributed by atoms with Crippen LogP contribution in [-0.2, 0) is 4.74 Å². The van der Waals surface area contributed by atoms with Gasteiger partial charge in [-0.25, -0.2) is 0 Å². The SMILES string of the molecule is Cc1ccc(Br)cc1OCCOCCC(C)C. The molecule has 96 valence electrons. The number of hydrogen-bond acceptors (Lipinski definition) is 2. The highest BCUT2D eigenvalue weighted by atomic mass is 79.9. The molecular weight excluding hydrogens is 280 g/mol. The first-order valence-electron chi connectivity index (χ1n) is 6.06. The topological polar surface area (TPSA) is 18.5 Å². The molecule has 0 aliphatic heterocycles. The van der Waals surface area contributed by atoms with Crippen molar-refractivity contribution in [2.45, 2.75) is 27.2 Å². The van der Waals surface area contributed by atoms with Crippen LogP contribution in [0.1, 0.15) is 25.8 Å². The van der Waals surface area contributed by atoms with Crippen molar-refractivity contribution in [3.63, 3.8) is 0 Å². The van der Waals surface area contributed by atoms with Crippen LogP contribution in [0.5, 0.6) is 5.75 Å². The lowest BCUT2D eigenvalue weighted by molar-refractivity contribution is 0.0923.